The molecule has 47 heavy (non-hydrogen) atoms. The molecule has 2 aliphatic rings. The van der Waals surface area contributed by atoms with Crippen molar-refractivity contribution in [1.29, 1.82) is 0 Å². The molecular formula is C36H49F3N6O2. The molecule has 2 aromatic carbocycles. The van der Waals surface area contributed by atoms with Gasteiger partial charge in [-0.3, -0.25) is 19.6 Å². The van der Waals surface area contributed by atoms with E-state index in [0.29, 0.717) is 50.9 Å². The van der Waals surface area contributed by atoms with Crippen LogP contribution in [-0.4, -0.2) is 86.4 Å². The number of alkyl halides is 3. The molecule has 0 saturated carbocycles. The summed E-state index contributed by atoms with van der Waals surface area (Å²) in [7, 11) is 1.64. The lowest BCUT2D eigenvalue weighted by Gasteiger charge is -2.35. The molecule has 8 nitrogen and oxygen atoms in total. The fourth-order valence-electron chi connectivity index (χ4n) is 6.08. The molecule has 2 aliphatic heterocycles. The first-order valence-corrected chi connectivity index (χ1v) is 16.4. The third kappa shape index (κ3) is 10.2. The largest absolute Gasteiger partial charge is 0.416 e. The molecule has 3 N–H and O–H groups in total. The summed E-state index contributed by atoms with van der Waals surface area (Å²) in [5, 5.41) is 3.48. The molecule has 0 radical (unpaired) electrons. The van der Waals surface area contributed by atoms with E-state index in [1.807, 2.05) is 18.7 Å². The number of piperidine rings is 1. The first-order valence-electron chi connectivity index (χ1n) is 16.4. The lowest BCUT2D eigenvalue weighted by Crippen LogP contribution is -2.49. The van der Waals surface area contributed by atoms with Gasteiger partial charge in [-0.2, -0.15) is 13.2 Å². The zero-order chi connectivity index (χ0) is 34.0. The van der Waals surface area contributed by atoms with E-state index in [1.165, 1.54) is 17.7 Å². The molecule has 0 bridgehead atoms. The average Bonchev–Trinajstić information content (AvgIpc) is 3.07. The SMILES string of the molecule is CC/C(C)=C(\Nc1ccc(C2CCN(C/C(=C/N)N=CCOC)CC2)cc1C)C(=O)N1CCN(Cc2ccc(C(F)(F)F)cc2)CC1. The summed E-state index contributed by atoms with van der Waals surface area (Å²) >= 11 is 0. The van der Waals surface area contributed by atoms with Gasteiger partial charge in [0.25, 0.3) is 5.91 Å². The first kappa shape index (κ1) is 36.2. The third-order valence-corrected chi connectivity index (χ3v) is 9.16. The summed E-state index contributed by atoms with van der Waals surface area (Å²) < 4.78 is 43.8. The molecule has 256 valence electrons. The van der Waals surface area contributed by atoms with Crippen molar-refractivity contribution < 1.29 is 22.7 Å². The standard InChI is InChI=1S/C36H49F3N6O2/c1-5-26(2)34(35(46)45-19-17-44(18-20-45)24-28-6-9-31(10-7-28)36(37,38)39)42-33-11-8-30(22-27(33)3)29-12-15-43(16-13-29)25-32(23-40)41-14-21-47-4/h6-11,14,22-23,29,42H,5,12-13,15-21,24-25,40H2,1-4H3/b32-23-,34-26-,41-14?. The number of hydrogen-bond donors (Lipinski definition) is 2. The highest BCUT2D eigenvalue weighted by molar-refractivity contribution is 5.97. The molecule has 2 fully saturated rings. The molecule has 2 aromatic rings. The lowest BCUT2D eigenvalue weighted by atomic mass is 9.88. The lowest BCUT2D eigenvalue weighted by molar-refractivity contribution is -0.137. The number of aliphatic imine (C=N–C) groups is 1. The summed E-state index contributed by atoms with van der Waals surface area (Å²) in [5.74, 6) is 0.445. The Hall–Kier alpha value is -3.67. The van der Waals surface area contributed by atoms with Crippen molar-refractivity contribution in [2.24, 2.45) is 10.7 Å². The van der Waals surface area contributed by atoms with Crippen molar-refractivity contribution in [3.8, 4) is 0 Å². The number of rotatable bonds is 12. The van der Waals surface area contributed by atoms with Crippen LogP contribution in [0.3, 0.4) is 0 Å². The van der Waals surface area contributed by atoms with Gasteiger partial charge in [0.1, 0.15) is 5.70 Å². The Morgan fingerprint density at radius 3 is 2.30 bits per heavy atom. The van der Waals surface area contributed by atoms with Crippen LogP contribution in [0.1, 0.15) is 61.3 Å². The minimum atomic E-state index is -4.34. The molecule has 0 unspecified atom stereocenters. The van der Waals surface area contributed by atoms with Crippen LogP contribution in [0.5, 0.6) is 0 Å². The minimum absolute atomic E-state index is 0.0215. The molecule has 11 heteroatoms. The molecular weight excluding hydrogens is 605 g/mol. The Kier molecular flexibility index (Phi) is 13.0. The Balaban J connectivity index is 1.32. The van der Waals surface area contributed by atoms with Crippen LogP contribution in [0.15, 0.2) is 70.6 Å². The number of nitrogens with one attached hydrogen (secondary N) is 1. The second-order valence-corrected chi connectivity index (χ2v) is 12.4. The Morgan fingerprint density at radius 2 is 1.72 bits per heavy atom. The first-order chi connectivity index (χ1) is 22.5. The smallest absolute Gasteiger partial charge is 0.403 e. The van der Waals surface area contributed by atoms with E-state index < -0.39 is 11.7 Å². The van der Waals surface area contributed by atoms with Crippen molar-refractivity contribution in [1.82, 2.24) is 14.7 Å². The maximum Gasteiger partial charge on any atom is 0.416 e. The predicted octanol–water partition coefficient (Wildman–Crippen LogP) is 6.15. The van der Waals surface area contributed by atoms with Gasteiger partial charge in [0.05, 0.1) is 17.9 Å². The number of carbonyl (C=O) groups is 1. The van der Waals surface area contributed by atoms with Crippen molar-refractivity contribution in [2.75, 3.05) is 64.8 Å². The molecule has 4 rings (SSSR count). The summed E-state index contributed by atoms with van der Waals surface area (Å²) in [5.41, 5.74) is 11.8. The van der Waals surface area contributed by atoms with Crippen LogP contribution < -0.4 is 11.1 Å². The van der Waals surface area contributed by atoms with Gasteiger partial charge >= 0.3 is 6.18 Å². The van der Waals surface area contributed by atoms with Crippen molar-refractivity contribution >= 4 is 17.8 Å². The zero-order valence-electron chi connectivity index (χ0n) is 28.1. The Labute approximate surface area is 277 Å². The van der Waals surface area contributed by atoms with Crippen LogP contribution >= 0.6 is 0 Å². The van der Waals surface area contributed by atoms with Crippen LogP contribution in [0.2, 0.25) is 0 Å². The summed E-state index contributed by atoms with van der Waals surface area (Å²) in [6.45, 7) is 12.2. The van der Waals surface area contributed by atoms with Gasteiger partial charge in [0.2, 0.25) is 0 Å². The molecule has 0 atom stereocenters. The van der Waals surface area contributed by atoms with E-state index in [4.69, 9.17) is 10.5 Å². The molecule has 1 amide bonds. The number of amides is 1. The zero-order valence-corrected chi connectivity index (χ0v) is 28.1. The molecule has 0 spiro atoms. The van der Waals surface area contributed by atoms with Crippen molar-refractivity contribution in [2.45, 2.75) is 58.7 Å². The number of carbonyl (C=O) groups excluding carboxylic acids is 1. The maximum atomic E-state index is 13.8. The molecule has 0 aromatic heterocycles. The van der Waals surface area contributed by atoms with Gasteiger partial charge in [0.15, 0.2) is 0 Å². The quantitative estimate of drug-likeness (QED) is 0.211. The topological polar surface area (TPSA) is 86.4 Å². The predicted molar refractivity (Wildman–Crippen MR) is 182 cm³/mol. The van der Waals surface area contributed by atoms with Gasteiger partial charge in [0, 0.05) is 64.5 Å². The minimum Gasteiger partial charge on any atom is -0.403 e. The number of aryl methyl sites for hydroxylation is 1. The van der Waals surface area contributed by atoms with Gasteiger partial charge in [-0.15, -0.1) is 0 Å². The van der Waals surface area contributed by atoms with E-state index >= 15 is 0 Å². The van der Waals surface area contributed by atoms with Crippen molar-refractivity contribution in [3.63, 3.8) is 0 Å². The number of benzene rings is 2. The van der Waals surface area contributed by atoms with Crippen LogP contribution in [0.25, 0.3) is 0 Å². The summed E-state index contributed by atoms with van der Waals surface area (Å²) in [4.78, 5) is 24.6. The second-order valence-electron chi connectivity index (χ2n) is 12.4. The van der Waals surface area contributed by atoms with Crippen LogP contribution in [-0.2, 0) is 22.3 Å². The fourth-order valence-corrected chi connectivity index (χ4v) is 6.08. The number of anilines is 1. The monoisotopic (exact) mass is 654 g/mol. The second kappa shape index (κ2) is 16.9. The van der Waals surface area contributed by atoms with Crippen molar-refractivity contribution in [3.05, 3.63) is 87.9 Å². The van der Waals surface area contributed by atoms with E-state index in [-0.39, 0.29) is 5.91 Å². The number of methoxy groups -OCH3 is 1. The number of likely N-dealkylation sites (tertiary alicyclic amines) is 1. The number of nitrogens with two attached hydrogens (primary N) is 1. The number of piperazine rings is 1. The Bertz CT molecular complexity index is 1420. The van der Waals surface area contributed by atoms with E-state index in [0.717, 1.165) is 79.1 Å². The number of halogens is 3. The molecule has 0 aliphatic carbocycles. The number of nitrogens with zero attached hydrogens (tertiary/aromatic N) is 4. The van der Waals surface area contributed by atoms with Gasteiger partial charge in [-0.1, -0.05) is 31.2 Å². The maximum absolute atomic E-state index is 13.8. The number of hydrogen-bond acceptors (Lipinski definition) is 7. The summed E-state index contributed by atoms with van der Waals surface area (Å²) in [6.07, 6.45) is 1.80. The highest BCUT2D eigenvalue weighted by atomic mass is 19.4. The molecule has 2 saturated heterocycles. The van der Waals surface area contributed by atoms with Gasteiger partial charge in [-0.05, 0) is 92.6 Å². The van der Waals surface area contributed by atoms with E-state index in [1.54, 1.807) is 19.5 Å². The molecule has 2 heterocycles. The van der Waals surface area contributed by atoms with Gasteiger partial charge in [-0.25, -0.2) is 0 Å². The third-order valence-electron chi connectivity index (χ3n) is 9.16. The van der Waals surface area contributed by atoms with Crippen LogP contribution in [0, 0.1) is 6.92 Å². The number of ether oxygens (including phenoxy) is 1. The van der Waals surface area contributed by atoms with E-state index in [9.17, 15) is 18.0 Å². The average molecular weight is 655 g/mol. The Morgan fingerprint density at radius 1 is 1.04 bits per heavy atom. The normalized spacial score (nSPS) is 18.1. The number of allylic oxidation sites excluding steroid dienone is 1. The fraction of sp³-hybridized carbons (Fsp3) is 0.500. The van der Waals surface area contributed by atoms with E-state index in [2.05, 4.69) is 45.2 Å². The highest BCUT2D eigenvalue weighted by Gasteiger charge is 2.30. The van der Waals surface area contributed by atoms with Gasteiger partial charge < -0.3 is 20.7 Å². The highest BCUT2D eigenvalue weighted by Crippen LogP contribution is 2.32. The summed E-state index contributed by atoms with van der Waals surface area (Å²) in [6, 6.07) is 11.8. The van der Waals surface area contributed by atoms with Crippen LogP contribution in [0.4, 0.5) is 18.9 Å².